The summed E-state index contributed by atoms with van der Waals surface area (Å²) in [6.45, 7) is 0.997. The number of thioether (sulfide) groups is 1. The Labute approximate surface area is 159 Å². The van der Waals surface area contributed by atoms with Crippen molar-refractivity contribution in [2.45, 2.75) is 5.22 Å². The first-order valence-electron chi connectivity index (χ1n) is 8.26. The predicted octanol–water partition coefficient (Wildman–Crippen LogP) is 3.49. The van der Waals surface area contributed by atoms with E-state index in [4.69, 9.17) is 18.6 Å². The van der Waals surface area contributed by atoms with E-state index in [1.165, 1.54) is 11.8 Å². The van der Waals surface area contributed by atoms with Crippen molar-refractivity contribution in [1.29, 1.82) is 0 Å². The van der Waals surface area contributed by atoms with E-state index >= 15 is 0 Å². The fraction of sp³-hybridized carbons (Fsp3) is 0.211. The van der Waals surface area contributed by atoms with Crippen LogP contribution in [-0.4, -0.2) is 42.1 Å². The molecular formula is C19H16N2O5S. The predicted molar refractivity (Wildman–Crippen MR) is 98.8 cm³/mol. The Morgan fingerprint density at radius 2 is 1.96 bits per heavy atom. The van der Waals surface area contributed by atoms with Crippen molar-refractivity contribution in [3.05, 3.63) is 48.0 Å². The second kappa shape index (κ2) is 7.71. The molecule has 27 heavy (non-hydrogen) atoms. The average molecular weight is 384 g/mol. The molecule has 0 amide bonds. The van der Waals surface area contributed by atoms with E-state index in [0.29, 0.717) is 47.1 Å². The van der Waals surface area contributed by atoms with E-state index < -0.39 is 0 Å². The molecule has 1 aliphatic rings. The Kier molecular flexibility index (Phi) is 4.97. The molecule has 1 aromatic heterocycles. The molecule has 0 unspecified atom stereocenters. The molecule has 138 valence electrons. The van der Waals surface area contributed by atoms with Gasteiger partial charge < -0.3 is 18.6 Å². The van der Waals surface area contributed by atoms with Crippen LogP contribution in [-0.2, 0) is 0 Å². The minimum atomic E-state index is -0.0573. The van der Waals surface area contributed by atoms with Crippen molar-refractivity contribution in [2.24, 2.45) is 0 Å². The van der Waals surface area contributed by atoms with Gasteiger partial charge in [-0.05, 0) is 36.4 Å². The Morgan fingerprint density at radius 1 is 1.11 bits per heavy atom. The van der Waals surface area contributed by atoms with Gasteiger partial charge >= 0.3 is 0 Å². The molecule has 0 saturated carbocycles. The SMILES string of the molecule is COc1cccc(-c2nnc(SCC(=O)c3ccc4c(c3)OCCO4)o2)c1. The molecule has 8 heteroatoms. The lowest BCUT2D eigenvalue weighted by molar-refractivity contribution is 0.102. The fourth-order valence-corrected chi connectivity index (χ4v) is 3.23. The van der Waals surface area contributed by atoms with Gasteiger partial charge in [-0.3, -0.25) is 4.79 Å². The lowest BCUT2D eigenvalue weighted by Gasteiger charge is -2.18. The molecule has 0 aliphatic carbocycles. The van der Waals surface area contributed by atoms with Crippen molar-refractivity contribution in [1.82, 2.24) is 10.2 Å². The standard InChI is InChI=1S/C19H16N2O5S/c1-23-14-4-2-3-13(9-14)18-20-21-19(26-18)27-11-15(22)12-5-6-16-17(10-12)25-8-7-24-16/h2-6,9-10H,7-8,11H2,1H3. The summed E-state index contributed by atoms with van der Waals surface area (Å²) >= 11 is 1.19. The topological polar surface area (TPSA) is 83.7 Å². The number of methoxy groups -OCH3 is 1. The maximum Gasteiger partial charge on any atom is 0.277 e. The zero-order valence-corrected chi connectivity index (χ0v) is 15.3. The Morgan fingerprint density at radius 3 is 2.81 bits per heavy atom. The second-order valence-corrected chi connectivity index (χ2v) is 6.60. The minimum Gasteiger partial charge on any atom is -0.497 e. The van der Waals surface area contributed by atoms with Crippen molar-refractivity contribution >= 4 is 17.5 Å². The first kappa shape index (κ1) is 17.4. The normalized spacial score (nSPS) is 12.6. The molecule has 3 aromatic rings. The number of fused-ring (bicyclic) bond motifs is 1. The van der Waals surface area contributed by atoms with Gasteiger partial charge in [-0.25, -0.2) is 0 Å². The number of nitrogens with zero attached hydrogens (tertiary/aromatic N) is 2. The number of rotatable bonds is 6. The van der Waals surface area contributed by atoms with Gasteiger partial charge in [-0.1, -0.05) is 17.8 Å². The summed E-state index contributed by atoms with van der Waals surface area (Å²) in [5.74, 6) is 2.45. The van der Waals surface area contributed by atoms with Crippen LogP contribution < -0.4 is 14.2 Å². The smallest absolute Gasteiger partial charge is 0.277 e. The molecule has 2 heterocycles. The van der Waals surface area contributed by atoms with Crippen LogP contribution >= 0.6 is 11.8 Å². The van der Waals surface area contributed by atoms with Gasteiger partial charge in [0, 0.05) is 11.1 Å². The van der Waals surface area contributed by atoms with E-state index in [2.05, 4.69) is 10.2 Å². The molecule has 7 nitrogen and oxygen atoms in total. The van der Waals surface area contributed by atoms with Gasteiger partial charge in [0.05, 0.1) is 12.9 Å². The highest BCUT2D eigenvalue weighted by molar-refractivity contribution is 7.99. The molecule has 0 spiro atoms. The molecule has 0 radical (unpaired) electrons. The summed E-state index contributed by atoms with van der Waals surface area (Å²) < 4.78 is 21.8. The Balaban J connectivity index is 1.41. The first-order chi connectivity index (χ1) is 13.2. The number of carbonyl (C=O) groups is 1. The summed E-state index contributed by atoms with van der Waals surface area (Å²) in [6.07, 6.45) is 0. The van der Waals surface area contributed by atoms with Crippen LogP contribution in [0.4, 0.5) is 0 Å². The van der Waals surface area contributed by atoms with Crippen LogP contribution in [0, 0.1) is 0 Å². The number of hydrogen-bond donors (Lipinski definition) is 0. The number of Topliss-reactive ketones (excluding diaryl/α,β-unsaturated/α-hetero) is 1. The van der Waals surface area contributed by atoms with Crippen LogP contribution in [0.25, 0.3) is 11.5 Å². The molecule has 0 N–H and O–H groups in total. The van der Waals surface area contributed by atoms with Gasteiger partial charge in [0.2, 0.25) is 5.89 Å². The van der Waals surface area contributed by atoms with Gasteiger partial charge in [-0.2, -0.15) is 0 Å². The number of aromatic nitrogens is 2. The highest BCUT2D eigenvalue weighted by Crippen LogP contribution is 2.31. The first-order valence-corrected chi connectivity index (χ1v) is 9.25. The third kappa shape index (κ3) is 3.90. The van der Waals surface area contributed by atoms with Crippen molar-refractivity contribution in [3.63, 3.8) is 0 Å². The van der Waals surface area contributed by atoms with Crippen LogP contribution in [0.2, 0.25) is 0 Å². The summed E-state index contributed by atoms with van der Waals surface area (Å²) in [7, 11) is 1.59. The van der Waals surface area contributed by atoms with Gasteiger partial charge in [-0.15, -0.1) is 10.2 Å². The second-order valence-electron chi connectivity index (χ2n) is 5.68. The summed E-state index contributed by atoms with van der Waals surface area (Å²) in [4.78, 5) is 12.4. The van der Waals surface area contributed by atoms with Crippen LogP contribution in [0.5, 0.6) is 17.2 Å². The molecular weight excluding hydrogens is 368 g/mol. The van der Waals surface area contributed by atoms with E-state index in [1.807, 2.05) is 24.3 Å². The molecule has 1 aliphatic heterocycles. The van der Waals surface area contributed by atoms with Gasteiger partial charge in [0.1, 0.15) is 19.0 Å². The lowest BCUT2D eigenvalue weighted by Crippen LogP contribution is -2.16. The monoisotopic (exact) mass is 384 g/mol. The number of ether oxygens (including phenoxy) is 3. The molecule has 4 rings (SSSR count). The number of carbonyl (C=O) groups excluding carboxylic acids is 1. The maximum absolute atomic E-state index is 12.4. The molecule has 2 aromatic carbocycles. The number of ketones is 1. The fourth-order valence-electron chi connectivity index (χ4n) is 2.57. The van der Waals surface area contributed by atoms with E-state index in [0.717, 1.165) is 5.56 Å². The van der Waals surface area contributed by atoms with Crippen LogP contribution in [0.3, 0.4) is 0 Å². The molecule has 0 saturated heterocycles. The van der Waals surface area contributed by atoms with Crippen LogP contribution in [0.1, 0.15) is 10.4 Å². The highest BCUT2D eigenvalue weighted by atomic mass is 32.2. The minimum absolute atomic E-state index is 0.0573. The van der Waals surface area contributed by atoms with Crippen molar-refractivity contribution in [2.75, 3.05) is 26.1 Å². The Bertz CT molecular complexity index is 972. The molecule has 0 fully saturated rings. The third-order valence-corrected chi connectivity index (χ3v) is 4.73. The van der Waals surface area contributed by atoms with E-state index in [1.54, 1.807) is 25.3 Å². The van der Waals surface area contributed by atoms with Gasteiger partial charge in [0.15, 0.2) is 17.3 Å². The quantitative estimate of drug-likeness (QED) is 0.472. The maximum atomic E-state index is 12.4. The number of benzene rings is 2. The average Bonchev–Trinajstić information content (AvgIpc) is 3.21. The molecule has 0 atom stereocenters. The number of hydrogen-bond acceptors (Lipinski definition) is 8. The van der Waals surface area contributed by atoms with Crippen molar-refractivity contribution < 1.29 is 23.4 Å². The Hall–Kier alpha value is -3.00. The molecule has 0 bridgehead atoms. The van der Waals surface area contributed by atoms with E-state index in [-0.39, 0.29) is 11.5 Å². The summed E-state index contributed by atoms with van der Waals surface area (Å²) in [6, 6.07) is 12.5. The highest BCUT2D eigenvalue weighted by Gasteiger charge is 2.17. The lowest BCUT2D eigenvalue weighted by atomic mass is 10.1. The third-order valence-electron chi connectivity index (χ3n) is 3.91. The zero-order valence-electron chi connectivity index (χ0n) is 14.5. The van der Waals surface area contributed by atoms with Crippen molar-refractivity contribution in [3.8, 4) is 28.7 Å². The summed E-state index contributed by atoms with van der Waals surface area (Å²) in [5.41, 5.74) is 1.31. The van der Waals surface area contributed by atoms with E-state index in [9.17, 15) is 4.79 Å². The van der Waals surface area contributed by atoms with Gasteiger partial charge in [0.25, 0.3) is 5.22 Å². The van der Waals surface area contributed by atoms with Crippen LogP contribution in [0.15, 0.2) is 52.1 Å². The summed E-state index contributed by atoms with van der Waals surface area (Å²) in [5, 5.41) is 8.35. The largest absolute Gasteiger partial charge is 0.497 e. The zero-order chi connectivity index (χ0) is 18.6.